The highest BCUT2D eigenvalue weighted by Gasteiger charge is 2.28. The van der Waals surface area contributed by atoms with Crippen LogP contribution in [-0.4, -0.2) is 24.8 Å². The number of hydrogen-bond donors (Lipinski definition) is 1. The average molecular weight is 454 g/mol. The van der Waals surface area contributed by atoms with Crippen molar-refractivity contribution < 1.29 is 14.3 Å². The zero-order valence-electron chi connectivity index (χ0n) is 19.5. The Balaban J connectivity index is 1.39. The molecule has 1 aliphatic rings. The molecule has 6 nitrogen and oxygen atoms in total. The van der Waals surface area contributed by atoms with Gasteiger partial charge in [0, 0.05) is 6.54 Å². The maximum Gasteiger partial charge on any atom is 0.282 e. The van der Waals surface area contributed by atoms with Gasteiger partial charge in [-0.2, -0.15) is 0 Å². The number of rotatable bonds is 7. The highest BCUT2D eigenvalue weighted by atomic mass is 16.5. The van der Waals surface area contributed by atoms with Crippen LogP contribution in [0.1, 0.15) is 29.2 Å². The van der Waals surface area contributed by atoms with Gasteiger partial charge in [0.05, 0.1) is 19.2 Å². The number of ether oxygens (including phenoxy) is 1. The second-order valence-electron chi connectivity index (χ2n) is 8.21. The molecule has 1 heterocycles. The number of carbonyl (C=O) groups excluding carboxylic acids is 2. The molecule has 0 aliphatic carbocycles. The van der Waals surface area contributed by atoms with Gasteiger partial charge in [0.2, 0.25) is 5.91 Å². The third-order valence-corrected chi connectivity index (χ3v) is 5.58. The minimum absolute atomic E-state index is 0.0473. The molecule has 0 saturated heterocycles. The number of anilines is 1. The molecule has 4 rings (SSSR count). The molecule has 0 aromatic heterocycles. The van der Waals surface area contributed by atoms with E-state index in [1.165, 1.54) is 5.56 Å². The van der Waals surface area contributed by atoms with E-state index in [0.717, 1.165) is 22.4 Å². The van der Waals surface area contributed by atoms with Crippen molar-refractivity contribution in [2.24, 2.45) is 4.99 Å². The van der Waals surface area contributed by atoms with E-state index in [-0.39, 0.29) is 18.2 Å². The summed E-state index contributed by atoms with van der Waals surface area (Å²) in [5.41, 5.74) is 5.08. The summed E-state index contributed by atoms with van der Waals surface area (Å²) in [5, 5.41) is 2.96. The Kier molecular flexibility index (Phi) is 6.87. The number of nitrogens with zero attached hydrogens (tertiary/aromatic N) is 2. The summed E-state index contributed by atoms with van der Waals surface area (Å²) in [5.74, 6) is 1.13. The second-order valence-corrected chi connectivity index (χ2v) is 8.21. The SMILES string of the molecule is COc1ccc(/C=C2\N=C(C)N(c3ccc(CC(=O)NCc4cccc(C)c4)cc3)C2=O)cc1. The number of nitrogens with one attached hydrogen (secondary N) is 1. The lowest BCUT2D eigenvalue weighted by Crippen LogP contribution is -2.30. The van der Waals surface area contributed by atoms with Crippen LogP contribution < -0.4 is 15.0 Å². The lowest BCUT2D eigenvalue weighted by Gasteiger charge is -2.16. The molecule has 0 atom stereocenters. The summed E-state index contributed by atoms with van der Waals surface area (Å²) < 4.78 is 5.18. The van der Waals surface area contributed by atoms with Crippen molar-refractivity contribution in [2.45, 2.75) is 26.8 Å². The Labute approximate surface area is 199 Å². The fourth-order valence-electron chi connectivity index (χ4n) is 3.82. The van der Waals surface area contributed by atoms with E-state index in [2.05, 4.69) is 16.4 Å². The molecule has 34 heavy (non-hydrogen) atoms. The standard InChI is InChI=1S/C28H27N3O3/c1-19-5-4-6-23(15-19)18-29-27(32)17-22-7-11-24(12-8-22)31-20(2)30-26(28(31)33)16-21-9-13-25(34-3)14-10-21/h4-16H,17-18H2,1-3H3,(H,29,32)/b26-16-. The van der Waals surface area contributed by atoms with Crippen molar-refractivity contribution in [3.05, 3.63) is 101 Å². The number of amidine groups is 1. The number of methoxy groups -OCH3 is 1. The molecular weight excluding hydrogens is 426 g/mol. The fraction of sp³-hybridized carbons (Fsp3) is 0.179. The van der Waals surface area contributed by atoms with Gasteiger partial charge in [-0.25, -0.2) is 4.99 Å². The van der Waals surface area contributed by atoms with Gasteiger partial charge in [0.1, 0.15) is 17.3 Å². The van der Waals surface area contributed by atoms with E-state index < -0.39 is 0 Å². The van der Waals surface area contributed by atoms with Crippen LogP contribution in [0, 0.1) is 6.92 Å². The minimum Gasteiger partial charge on any atom is -0.497 e. The predicted molar refractivity (Wildman–Crippen MR) is 135 cm³/mol. The lowest BCUT2D eigenvalue weighted by atomic mass is 10.1. The van der Waals surface area contributed by atoms with Gasteiger partial charge in [0.15, 0.2) is 0 Å². The molecule has 0 fully saturated rings. The molecule has 0 spiro atoms. The van der Waals surface area contributed by atoms with E-state index in [0.29, 0.717) is 23.8 Å². The van der Waals surface area contributed by atoms with Crippen molar-refractivity contribution in [2.75, 3.05) is 12.0 Å². The topological polar surface area (TPSA) is 71.0 Å². The third-order valence-electron chi connectivity index (χ3n) is 5.58. The second kappa shape index (κ2) is 10.2. The number of benzene rings is 3. The molecule has 0 unspecified atom stereocenters. The van der Waals surface area contributed by atoms with Crippen LogP contribution in [0.3, 0.4) is 0 Å². The van der Waals surface area contributed by atoms with Crippen LogP contribution in [-0.2, 0) is 22.6 Å². The normalized spacial score (nSPS) is 14.3. The van der Waals surface area contributed by atoms with Gasteiger partial charge < -0.3 is 10.1 Å². The molecule has 172 valence electrons. The number of amides is 2. The van der Waals surface area contributed by atoms with E-state index in [9.17, 15) is 9.59 Å². The summed E-state index contributed by atoms with van der Waals surface area (Å²) in [6.07, 6.45) is 2.04. The monoisotopic (exact) mass is 453 g/mol. The first-order valence-corrected chi connectivity index (χ1v) is 11.1. The molecule has 1 N–H and O–H groups in total. The van der Waals surface area contributed by atoms with Crippen molar-refractivity contribution in [3.63, 3.8) is 0 Å². The Morgan fingerprint density at radius 3 is 2.41 bits per heavy atom. The number of aliphatic imine (C=N–C) groups is 1. The highest BCUT2D eigenvalue weighted by Crippen LogP contribution is 2.26. The van der Waals surface area contributed by atoms with E-state index in [1.54, 1.807) is 25.0 Å². The fourth-order valence-corrected chi connectivity index (χ4v) is 3.82. The van der Waals surface area contributed by atoms with Crippen molar-refractivity contribution in [3.8, 4) is 5.75 Å². The molecule has 6 heteroatoms. The van der Waals surface area contributed by atoms with E-state index in [4.69, 9.17) is 4.74 Å². The van der Waals surface area contributed by atoms with Gasteiger partial charge in [-0.05, 0) is 60.9 Å². The quantitative estimate of drug-likeness (QED) is 0.529. The molecular formula is C28H27N3O3. The van der Waals surface area contributed by atoms with Gasteiger partial charge in [-0.15, -0.1) is 0 Å². The minimum atomic E-state index is -0.183. The first kappa shape index (κ1) is 23.0. The number of aryl methyl sites for hydroxylation is 1. The zero-order chi connectivity index (χ0) is 24.1. The van der Waals surface area contributed by atoms with E-state index in [1.807, 2.05) is 73.7 Å². The molecule has 0 radical (unpaired) electrons. The smallest absolute Gasteiger partial charge is 0.282 e. The van der Waals surface area contributed by atoms with Crippen LogP contribution in [0.5, 0.6) is 5.75 Å². The predicted octanol–water partition coefficient (Wildman–Crippen LogP) is 4.67. The van der Waals surface area contributed by atoms with Crippen molar-refractivity contribution in [1.29, 1.82) is 0 Å². The zero-order valence-corrected chi connectivity index (χ0v) is 19.5. The average Bonchev–Trinajstić information content (AvgIpc) is 3.11. The highest BCUT2D eigenvalue weighted by molar-refractivity contribution is 6.28. The van der Waals surface area contributed by atoms with Gasteiger partial charge >= 0.3 is 0 Å². The first-order chi connectivity index (χ1) is 16.4. The van der Waals surface area contributed by atoms with Crippen molar-refractivity contribution in [1.82, 2.24) is 5.32 Å². The van der Waals surface area contributed by atoms with Gasteiger partial charge in [-0.3, -0.25) is 14.5 Å². The summed E-state index contributed by atoms with van der Waals surface area (Å²) >= 11 is 0. The van der Waals surface area contributed by atoms with Crippen molar-refractivity contribution >= 4 is 29.4 Å². The van der Waals surface area contributed by atoms with E-state index >= 15 is 0 Å². The summed E-state index contributed by atoms with van der Waals surface area (Å²) in [4.78, 5) is 31.4. The molecule has 2 amide bonds. The van der Waals surface area contributed by atoms with Gasteiger partial charge in [0.25, 0.3) is 5.91 Å². The summed E-state index contributed by atoms with van der Waals surface area (Å²) in [7, 11) is 1.61. The molecule has 0 bridgehead atoms. The van der Waals surface area contributed by atoms with Gasteiger partial charge in [-0.1, -0.05) is 54.1 Å². The molecule has 3 aromatic carbocycles. The lowest BCUT2D eigenvalue weighted by molar-refractivity contribution is -0.120. The molecule has 0 saturated carbocycles. The Hall–Kier alpha value is -4.19. The Morgan fingerprint density at radius 1 is 1.00 bits per heavy atom. The Morgan fingerprint density at radius 2 is 1.74 bits per heavy atom. The maximum absolute atomic E-state index is 13.0. The van der Waals surface area contributed by atoms with Crippen LogP contribution >= 0.6 is 0 Å². The number of hydrogen-bond acceptors (Lipinski definition) is 4. The first-order valence-electron chi connectivity index (χ1n) is 11.1. The number of carbonyl (C=O) groups is 2. The summed E-state index contributed by atoms with van der Waals surface area (Å²) in [6, 6.07) is 22.9. The van der Waals surface area contributed by atoms with Crippen LogP contribution in [0.4, 0.5) is 5.69 Å². The van der Waals surface area contributed by atoms with Crippen LogP contribution in [0.15, 0.2) is 83.5 Å². The van der Waals surface area contributed by atoms with Crippen LogP contribution in [0.25, 0.3) is 6.08 Å². The summed E-state index contributed by atoms with van der Waals surface area (Å²) in [6.45, 7) is 4.33. The van der Waals surface area contributed by atoms with Crippen LogP contribution in [0.2, 0.25) is 0 Å². The largest absolute Gasteiger partial charge is 0.497 e. The Bertz CT molecular complexity index is 1260. The third kappa shape index (κ3) is 5.41. The maximum atomic E-state index is 13.0. The molecule has 3 aromatic rings. The molecule has 1 aliphatic heterocycles.